The highest BCUT2D eigenvalue weighted by atomic mass is 19.4. The number of carbonyl (C=O) groups excluding carboxylic acids is 1. The standard InChI is InChI=1S/C14H23F5NO2/c15-13(16,14(17,18)19)9-7-8-12(22)20-10-5-3-1-2-4-6-11-21/h1-11H2,(H,20,22). The quantitative estimate of drug-likeness (QED) is 0.422. The number of alkyl halides is 5. The van der Waals surface area contributed by atoms with Crippen molar-refractivity contribution in [2.45, 2.75) is 69.9 Å². The van der Waals surface area contributed by atoms with Crippen LogP contribution in [0.2, 0.25) is 0 Å². The van der Waals surface area contributed by atoms with Crippen molar-refractivity contribution in [2.24, 2.45) is 0 Å². The maximum absolute atomic E-state index is 12.6. The lowest BCUT2D eigenvalue weighted by Crippen LogP contribution is -2.36. The lowest BCUT2D eigenvalue weighted by Gasteiger charge is -2.19. The van der Waals surface area contributed by atoms with E-state index in [1.54, 1.807) is 0 Å². The molecule has 0 rings (SSSR count). The van der Waals surface area contributed by atoms with E-state index >= 15 is 0 Å². The Balaban J connectivity index is 3.55. The third-order valence-corrected chi connectivity index (χ3v) is 3.20. The van der Waals surface area contributed by atoms with Crippen molar-refractivity contribution in [3.05, 3.63) is 0 Å². The van der Waals surface area contributed by atoms with Gasteiger partial charge in [-0.15, -0.1) is 0 Å². The average molecular weight is 332 g/mol. The van der Waals surface area contributed by atoms with Gasteiger partial charge in [-0.2, -0.15) is 22.0 Å². The Labute approximate surface area is 127 Å². The highest BCUT2D eigenvalue weighted by molar-refractivity contribution is 5.75. The number of hydrogen-bond donors (Lipinski definition) is 1. The van der Waals surface area contributed by atoms with Crippen molar-refractivity contribution in [1.82, 2.24) is 5.32 Å². The van der Waals surface area contributed by atoms with Crippen LogP contribution in [0.4, 0.5) is 22.0 Å². The van der Waals surface area contributed by atoms with Crippen LogP contribution < -0.4 is 5.32 Å². The minimum Gasteiger partial charge on any atom is -0.356 e. The Hall–Kier alpha value is -0.920. The third-order valence-electron chi connectivity index (χ3n) is 3.20. The number of rotatable bonds is 12. The molecule has 0 saturated heterocycles. The molecule has 0 aliphatic heterocycles. The first-order valence-electron chi connectivity index (χ1n) is 7.50. The molecule has 0 atom stereocenters. The molecule has 0 unspecified atom stereocenters. The fraction of sp³-hybridized carbons (Fsp3) is 0.929. The summed E-state index contributed by atoms with van der Waals surface area (Å²) in [6.07, 6.45) is -2.70. The smallest absolute Gasteiger partial charge is 0.356 e. The summed E-state index contributed by atoms with van der Waals surface area (Å²) in [5.74, 6) is -5.25. The minimum atomic E-state index is -5.56. The summed E-state index contributed by atoms with van der Waals surface area (Å²) in [4.78, 5) is 11.3. The van der Waals surface area contributed by atoms with Crippen molar-refractivity contribution in [2.75, 3.05) is 13.2 Å². The van der Waals surface area contributed by atoms with Crippen LogP contribution in [-0.4, -0.2) is 31.2 Å². The molecule has 0 aliphatic carbocycles. The van der Waals surface area contributed by atoms with Gasteiger partial charge in [0, 0.05) is 19.4 Å². The fourth-order valence-electron chi connectivity index (χ4n) is 1.86. The van der Waals surface area contributed by atoms with E-state index in [2.05, 4.69) is 5.32 Å². The summed E-state index contributed by atoms with van der Waals surface area (Å²) >= 11 is 0. The number of amides is 1. The van der Waals surface area contributed by atoms with Crippen LogP contribution in [-0.2, 0) is 9.90 Å². The van der Waals surface area contributed by atoms with Gasteiger partial charge in [-0.25, -0.2) is 5.11 Å². The van der Waals surface area contributed by atoms with E-state index in [-0.39, 0.29) is 13.0 Å². The number of hydrogen-bond acceptors (Lipinski definition) is 1. The van der Waals surface area contributed by atoms with Gasteiger partial charge in [-0.3, -0.25) is 4.79 Å². The van der Waals surface area contributed by atoms with Gasteiger partial charge in [0.05, 0.1) is 6.61 Å². The van der Waals surface area contributed by atoms with Gasteiger partial charge < -0.3 is 5.32 Å². The molecule has 0 spiro atoms. The van der Waals surface area contributed by atoms with E-state index in [1.807, 2.05) is 0 Å². The summed E-state index contributed by atoms with van der Waals surface area (Å²) in [7, 11) is 0. The van der Waals surface area contributed by atoms with Crippen molar-refractivity contribution in [1.29, 1.82) is 0 Å². The van der Waals surface area contributed by atoms with Crippen LogP contribution in [0.1, 0.15) is 57.8 Å². The molecule has 0 saturated carbocycles. The molecule has 1 radical (unpaired) electrons. The van der Waals surface area contributed by atoms with Gasteiger partial charge in [0.2, 0.25) is 5.91 Å². The van der Waals surface area contributed by atoms with E-state index in [4.69, 9.17) is 0 Å². The average Bonchev–Trinajstić information content (AvgIpc) is 2.40. The number of nitrogens with one attached hydrogen (secondary N) is 1. The molecule has 1 amide bonds. The van der Waals surface area contributed by atoms with Crippen molar-refractivity contribution in [3.8, 4) is 0 Å². The molecule has 0 aromatic carbocycles. The Morgan fingerprint density at radius 2 is 1.36 bits per heavy atom. The van der Waals surface area contributed by atoms with E-state index < -0.39 is 30.8 Å². The summed E-state index contributed by atoms with van der Waals surface area (Å²) in [6.45, 7) is 0.319. The Morgan fingerprint density at radius 3 is 1.91 bits per heavy atom. The fourth-order valence-corrected chi connectivity index (χ4v) is 1.86. The molecular weight excluding hydrogens is 309 g/mol. The van der Waals surface area contributed by atoms with Crippen LogP contribution >= 0.6 is 0 Å². The van der Waals surface area contributed by atoms with Gasteiger partial charge in [0.1, 0.15) is 0 Å². The molecule has 0 aliphatic rings. The summed E-state index contributed by atoms with van der Waals surface area (Å²) in [5, 5.41) is 12.7. The Bertz CT molecular complexity index is 308. The lowest BCUT2D eigenvalue weighted by molar-refractivity contribution is -0.284. The van der Waals surface area contributed by atoms with Crippen LogP contribution in [0, 0.1) is 0 Å². The molecule has 0 bridgehead atoms. The van der Waals surface area contributed by atoms with Crippen molar-refractivity contribution < 1.29 is 31.9 Å². The Kier molecular flexibility index (Phi) is 10.3. The maximum atomic E-state index is 12.6. The molecule has 0 aromatic heterocycles. The van der Waals surface area contributed by atoms with E-state index in [9.17, 15) is 31.9 Å². The topological polar surface area (TPSA) is 49.0 Å². The summed E-state index contributed by atoms with van der Waals surface area (Å²) < 4.78 is 60.8. The van der Waals surface area contributed by atoms with E-state index in [0.29, 0.717) is 13.0 Å². The van der Waals surface area contributed by atoms with E-state index in [0.717, 1.165) is 32.1 Å². The number of halogens is 5. The molecule has 0 aromatic rings. The van der Waals surface area contributed by atoms with Crippen LogP contribution in [0.3, 0.4) is 0 Å². The summed E-state index contributed by atoms with van der Waals surface area (Å²) in [6, 6.07) is 0. The first-order chi connectivity index (χ1) is 10.2. The second kappa shape index (κ2) is 10.7. The monoisotopic (exact) mass is 332 g/mol. The number of carbonyl (C=O) groups is 1. The maximum Gasteiger partial charge on any atom is 0.453 e. The molecule has 0 heterocycles. The summed E-state index contributed by atoms with van der Waals surface area (Å²) in [5.41, 5.74) is 0. The molecular formula is C14H23F5NO2. The second-order valence-corrected chi connectivity index (χ2v) is 5.23. The zero-order valence-corrected chi connectivity index (χ0v) is 12.5. The lowest BCUT2D eigenvalue weighted by atomic mass is 10.1. The van der Waals surface area contributed by atoms with Gasteiger partial charge >= 0.3 is 12.1 Å². The first-order valence-corrected chi connectivity index (χ1v) is 7.50. The predicted octanol–water partition coefficient (Wildman–Crippen LogP) is 4.24. The van der Waals surface area contributed by atoms with Gasteiger partial charge in [-0.1, -0.05) is 25.7 Å². The third kappa shape index (κ3) is 9.92. The molecule has 1 N–H and O–H groups in total. The van der Waals surface area contributed by atoms with E-state index in [1.165, 1.54) is 0 Å². The van der Waals surface area contributed by atoms with Gasteiger partial charge in [-0.05, 0) is 19.3 Å². The van der Waals surface area contributed by atoms with Crippen molar-refractivity contribution >= 4 is 5.91 Å². The highest BCUT2D eigenvalue weighted by Crippen LogP contribution is 2.38. The van der Waals surface area contributed by atoms with Crippen molar-refractivity contribution in [3.63, 3.8) is 0 Å². The SMILES string of the molecule is [O]CCCCCCCCNC(=O)CCCC(F)(F)C(F)(F)F. The predicted molar refractivity (Wildman–Crippen MR) is 71.1 cm³/mol. The zero-order valence-electron chi connectivity index (χ0n) is 12.5. The molecule has 22 heavy (non-hydrogen) atoms. The second-order valence-electron chi connectivity index (χ2n) is 5.23. The zero-order chi connectivity index (χ0) is 17.1. The largest absolute Gasteiger partial charge is 0.453 e. The van der Waals surface area contributed by atoms with Crippen LogP contribution in [0.15, 0.2) is 0 Å². The minimum absolute atomic E-state index is 0.0660. The Morgan fingerprint density at radius 1 is 0.818 bits per heavy atom. The molecule has 3 nitrogen and oxygen atoms in total. The van der Waals surface area contributed by atoms with Gasteiger partial charge in [0.15, 0.2) is 0 Å². The van der Waals surface area contributed by atoms with Gasteiger partial charge in [0.25, 0.3) is 0 Å². The normalized spacial score (nSPS) is 12.5. The molecule has 0 fully saturated rings. The van der Waals surface area contributed by atoms with Crippen LogP contribution in [0.25, 0.3) is 0 Å². The first kappa shape index (κ1) is 21.1. The molecule has 8 heteroatoms. The molecule has 131 valence electrons. The van der Waals surface area contributed by atoms with Crippen LogP contribution in [0.5, 0.6) is 0 Å². The highest BCUT2D eigenvalue weighted by Gasteiger charge is 2.56. The number of unbranched alkanes of at least 4 members (excludes halogenated alkanes) is 5.